The predicted octanol–water partition coefficient (Wildman–Crippen LogP) is 4.61. The Balaban J connectivity index is -0.000000147. The van der Waals surface area contributed by atoms with Crippen LogP contribution in [0.1, 0.15) is 87.8 Å². The Hall–Kier alpha value is 0.596. The van der Waals surface area contributed by atoms with Gasteiger partial charge in [0.1, 0.15) is 0 Å². The Morgan fingerprint density at radius 3 is 1.48 bits per heavy atom. The summed E-state index contributed by atoms with van der Waals surface area (Å²) in [6.07, 6.45) is 11.9. The molecule has 140 valence electrons. The summed E-state index contributed by atoms with van der Waals surface area (Å²) in [5.41, 5.74) is 0. The van der Waals surface area contributed by atoms with Gasteiger partial charge in [0.15, 0.2) is 0 Å². The molecule has 0 saturated heterocycles. The van der Waals surface area contributed by atoms with E-state index in [9.17, 15) is 8.42 Å². The number of hydrogen-bond donors (Lipinski definition) is 1. The molecule has 0 aromatic carbocycles. The van der Waals surface area contributed by atoms with Crippen molar-refractivity contribution in [2.45, 2.75) is 85.0 Å². The molecule has 0 heterocycles. The maximum absolute atomic E-state index is 10.2. The summed E-state index contributed by atoms with van der Waals surface area (Å²) in [4.78, 5) is 0. The van der Waals surface area contributed by atoms with Gasteiger partial charge in [-0.1, -0.05) is 64.7 Å². The first kappa shape index (κ1) is 28.4. The number of unbranched alkanes of at least 4 members (excludes halogenated alkanes) is 9. The van der Waals surface area contributed by atoms with Crippen molar-refractivity contribution in [1.82, 2.24) is 0 Å². The fourth-order valence-electron chi connectivity index (χ4n) is 1.96. The molecule has 0 aromatic heterocycles. The summed E-state index contributed by atoms with van der Waals surface area (Å²) in [7, 11) is -4.23. The second-order valence-corrected chi connectivity index (χ2v) is 6.30. The van der Waals surface area contributed by atoms with E-state index in [1.807, 2.05) is 13.8 Å². The second kappa shape index (κ2) is 22.6. The van der Waals surface area contributed by atoms with E-state index in [1.54, 1.807) is 0 Å². The fourth-order valence-corrected chi connectivity index (χ4v) is 2.29. The first-order chi connectivity index (χ1) is 10.5. The molecule has 23 heavy (non-hydrogen) atoms. The van der Waals surface area contributed by atoms with Gasteiger partial charge in [-0.25, -0.2) is 4.18 Å². The van der Waals surface area contributed by atoms with Crippen LogP contribution in [0, 0.1) is 0 Å². The standard InChI is InChI=1S/C12H26O4S.C4H10O.Mg.2H/c1-2-3-4-5-6-7-8-9-10-11-12-16-17(13,14)15;1-3-5-4-2;;;/h2-12H2,1H3,(H,13,14,15);3-4H2,1-2H3;;;/q;;+2;2*-1. The van der Waals surface area contributed by atoms with Gasteiger partial charge in [-0.05, 0) is 20.3 Å². The Morgan fingerprint density at radius 2 is 1.17 bits per heavy atom. The van der Waals surface area contributed by atoms with Crippen molar-refractivity contribution < 1.29 is 24.7 Å². The van der Waals surface area contributed by atoms with E-state index in [0.717, 1.165) is 26.1 Å². The summed E-state index contributed by atoms with van der Waals surface area (Å²) in [6, 6.07) is 0. The van der Waals surface area contributed by atoms with Gasteiger partial charge in [0.25, 0.3) is 0 Å². The Labute approximate surface area is 163 Å². The molecule has 0 spiro atoms. The topological polar surface area (TPSA) is 72.8 Å². The first-order valence-electron chi connectivity index (χ1n) is 8.67. The van der Waals surface area contributed by atoms with Gasteiger partial charge < -0.3 is 7.59 Å². The van der Waals surface area contributed by atoms with Crippen LogP contribution in [-0.4, -0.2) is 55.8 Å². The van der Waals surface area contributed by atoms with Gasteiger partial charge in [0.05, 0.1) is 6.61 Å². The van der Waals surface area contributed by atoms with Crippen molar-refractivity contribution in [3.05, 3.63) is 0 Å². The molecule has 1 N–H and O–H groups in total. The van der Waals surface area contributed by atoms with E-state index in [2.05, 4.69) is 11.1 Å². The molecule has 0 aliphatic carbocycles. The van der Waals surface area contributed by atoms with E-state index in [-0.39, 0.29) is 32.5 Å². The van der Waals surface area contributed by atoms with Gasteiger partial charge in [0.2, 0.25) is 0 Å². The van der Waals surface area contributed by atoms with Crippen molar-refractivity contribution >= 4 is 33.5 Å². The molecule has 0 aromatic rings. The van der Waals surface area contributed by atoms with Crippen molar-refractivity contribution in [3.8, 4) is 0 Å². The molecule has 0 unspecified atom stereocenters. The Kier molecular flexibility index (Phi) is 27.9. The van der Waals surface area contributed by atoms with Crippen molar-refractivity contribution in [2.75, 3.05) is 19.8 Å². The van der Waals surface area contributed by atoms with Crippen molar-refractivity contribution in [1.29, 1.82) is 0 Å². The van der Waals surface area contributed by atoms with Crippen LogP contribution in [0.15, 0.2) is 0 Å². The van der Waals surface area contributed by atoms with Crippen LogP contribution >= 0.6 is 0 Å². The van der Waals surface area contributed by atoms with E-state index < -0.39 is 10.4 Å². The molecule has 0 rings (SSSR count). The average molecular weight is 367 g/mol. The number of hydrogen-bond acceptors (Lipinski definition) is 4. The zero-order valence-corrected chi connectivity index (χ0v) is 17.6. The monoisotopic (exact) mass is 366 g/mol. The molecule has 0 fully saturated rings. The summed E-state index contributed by atoms with van der Waals surface area (Å²) >= 11 is 0. The fraction of sp³-hybridized carbons (Fsp3) is 1.00. The minimum atomic E-state index is -4.23. The third kappa shape index (κ3) is 34.8. The van der Waals surface area contributed by atoms with E-state index in [4.69, 9.17) is 9.29 Å². The minimum absolute atomic E-state index is 0. The minimum Gasteiger partial charge on any atom is -1.00 e. The van der Waals surface area contributed by atoms with Crippen LogP contribution in [0.25, 0.3) is 0 Å². The number of rotatable bonds is 14. The second-order valence-electron chi connectivity index (χ2n) is 5.21. The normalized spacial score (nSPS) is 10.6. The zero-order valence-electron chi connectivity index (χ0n) is 17.4. The SMILES string of the molecule is CCCCCCCCCCCCOS(=O)(=O)O.CCOCC.[H-].[H-].[Mg+2]. The number of ether oxygens (including phenoxy) is 1. The van der Waals surface area contributed by atoms with Gasteiger partial charge in [0, 0.05) is 13.2 Å². The third-order valence-electron chi connectivity index (χ3n) is 3.14. The van der Waals surface area contributed by atoms with Crippen LogP contribution in [0.3, 0.4) is 0 Å². The molecule has 7 heteroatoms. The largest absolute Gasteiger partial charge is 2.00 e. The molecule has 0 radical (unpaired) electrons. The summed E-state index contributed by atoms with van der Waals surface area (Å²) < 4.78 is 37.8. The molecular formula is C16H38MgO5S. The predicted molar refractivity (Wildman–Crippen MR) is 99.5 cm³/mol. The molecular weight excluding hydrogens is 329 g/mol. The van der Waals surface area contributed by atoms with Crippen LogP contribution in [-0.2, 0) is 19.3 Å². The van der Waals surface area contributed by atoms with Gasteiger partial charge in [-0.15, -0.1) is 0 Å². The smallest absolute Gasteiger partial charge is 1.00 e. The molecule has 5 nitrogen and oxygen atoms in total. The molecule has 0 aliphatic heterocycles. The van der Waals surface area contributed by atoms with E-state index >= 15 is 0 Å². The van der Waals surface area contributed by atoms with Crippen LogP contribution in [0.4, 0.5) is 0 Å². The van der Waals surface area contributed by atoms with Crippen molar-refractivity contribution in [3.63, 3.8) is 0 Å². The molecule has 0 saturated carbocycles. The summed E-state index contributed by atoms with van der Waals surface area (Å²) in [6.45, 7) is 7.98. The van der Waals surface area contributed by atoms with Crippen LogP contribution < -0.4 is 0 Å². The first-order valence-corrected chi connectivity index (χ1v) is 10.0. The molecule has 0 aliphatic rings. The molecule has 0 atom stereocenters. The quantitative estimate of drug-likeness (QED) is 0.276. The van der Waals surface area contributed by atoms with Crippen LogP contribution in [0.5, 0.6) is 0 Å². The maximum Gasteiger partial charge on any atom is 2.00 e. The summed E-state index contributed by atoms with van der Waals surface area (Å²) in [5.74, 6) is 0. The zero-order chi connectivity index (χ0) is 17.1. The third-order valence-corrected chi connectivity index (χ3v) is 3.60. The Morgan fingerprint density at radius 1 is 0.783 bits per heavy atom. The van der Waals surface area contributed by atoms with Gasteiger partial charge >= 0.3 is 33.5 Å². The van der Waals surface area contributed by atoms with Crippen LogP contribution in [0.2, 0.25) is 0 Å². The average Bonchev–Trinajstić information content (AvgIpc) is 2.45. The van der Waals surface area contributed by atoms with E-state index in [1.165, 1.54) is 44.9 Å². The Bertz CT molecular complexity index is 305. The molecule has 0 amide bonds. The summed E-state index contributed by atoms with van der Waals surface area (Å²) in [5, 5.41) is 0. The molecule has 0 bridgehead atoms. The van der Waals surface area contributed by atoms with Crippen molar-refractivity contribution in [2.24, 2.45) is 0 Å². The van der Waals surface area contributed by atoms with Gasteiger partial charge in [-0.2, -0.15) is 8.42 Å². The maximum atomic E-state index is 10.2. The van der Waals surface area contributed by atoms with E-state index in [0.29, 0.717) is 6.42 Å². The van der Waals surface area contributed by atoms with Gasteiger partial charge in [-0.3, -0.25) is 4.55 Å².